The van der Waals surface area contributed by atoms with E-state index in [0.717, 1.165) is 16.8 Å². The number of H-pyrrole nitrogens is 1. The number of anilines is 1. The Bertz CT molecular complexity index is 795. The number of halogens is 1. The number of amides is 1. The van der Waals surface area contributed by atoms with Crippen molar-refractivity contribution in [1.82, 2.24) is 9.97 Å². The fourth-order valence-electron chi connectivity index (χ4n) is 2.19. The number of hydrogen-bond donors (Lipinski definition) is 2. The van der Waals surface area contributed by atoms with Crippen LogP contribution in [0.5, 0.6) is 0 Å². The van der Waals surface area contributed by atoms with Gasteiger partial charge in [0.2, 0.25) is 5.91 Å². The highest BCUT2D eigenvalue weighted by Gasteiger charge is 2.14. The second kappa shape index (κ2) is 6.03. The Balaban J connectivity index is 2.08. The van der Waals surface area contributed by atoms with Crippen molar-refractivity contribution in [2.75, 3.05) is 5.32 Å². The zero-order chi connectivity index (χ0) is 15.5. The summed E-state index contributed by atoms with van der Waals surface area (Å²) >= 11 is 5.91. The summed E-state index contributed by atoms with van der Waals surface area (Å²) in [5, 5.41) is 3.43. The molecule has 2 aromatic carbocycles. The molecule has 1 heterocycles. The van der Waals surface area contributed by atoms with Crippen molar-refractivity contribution in [2.24, 2.45) is 0 Å². The average molecular weight is 312 g/mol. The van der Waals surface area contributed by atoms with Crippen molar-refractivity contribution >= 4 is 23.3 Å². The molecule has 0 aliphatic heterocycles. The molecule has 3 rings (SSSR count). The number of aromatic amines is 1. The number of benzene rings is 2. The first kappa shape index (κ1) is 14.4. The van der Waals surface area contributed by atoms with Gasteiger partial charge < -0.3 is 10.3 Å². The Kier molecular flexibility index (Phi) is 3.94. The molecule has 0 saturated carbocycles. The van der Waals surface area contributed by atoms with Crippen molar-refractivity contribution in [3.05, 3.63) is 59.6 Å². The number of hydrogen-bond acceptors (Lipinski definition) is 2. The molecule has 1 amide bonds. The van der Waals surface area contributed by atoms with Crippen LogP contribution in [0, 0.1) is 0 Å². The highest BCUT2D eigenvalue weighted by Crippen LogP contribution is 2.29. The summed E-state index contributed by atoms with van der Waals surface area (Å²) < 4.78 is 0. The summed E-state index contributed by atoms with van der Waals surface area (Å²) in [7, 11) is 0. The summed E-state index contributed by atoms with van der Waals surface area (Å²) in [6.07, 6.45) is 0. The van der Waals surface area contributed by atoms with E-state index in [9.17, 15) is 4.79 Å². The largest absolute Gasteiger partial charge is 0.336 e. The van der Waals surface area contributed by atoms with Gasteiger partial charge in [0.15, 0.2) is 5.82 Å². The van der Waals surface area contributed by atoms with Crippen LogP contribution in [0.15, 0.2) is 54.6 Å². The number of imidazole rings is 1. The zero-order valence-electron chi connectivity index (χ0n) is 11.9. The van der Waals surface area contributed by atoms with Crippen LogP contribution in [0.1, 0.15) is 6.92 Å². The number of nitrogens with zero attached hydrogens (tertiary/aromatic N) is 1. The summed E-state index contributed by atoms with van der Waals surface area (Å²) in [6, 6.07) is 17.1. The number of aromatic nitrogens is 2. The molecule has 0 bridgehead atoms. The van der Waals surface area contributed by atoms with E-state index in [1.54, 1.807) is 12.1 Å². The number of carbonyl (C=O) groups is 1. The molecule has 1 aromatic heterocycles. The van der Waals surface area contributed by atoms with Crippen LogP contribution in [-0.4, -0.2) is 15.9 Å². The quantitative estimate of drug-likeness (QED) is 0.755. The zero-order valence-corrected chi connectivity index (χ0v) is 12.7. The molecule has 2 N–H and O–H groups in total. The first-order chi connectivity index (χ1) is 10.6. The minimum atomic E-state index is -0.161. The maximum Gasteiger partial charge on any atom is 0.222 e. The van der Waals surface area contributed by atoms with Crippen LogP contribution in [0.4, 0.5) is 5.82 Å². The Morgan fingerprint density at radius 3 is 2.36 bits per heavy atom. The monoisotopic (exact) mass is 311 g/mol. The van der Waals surface area contributed by atoms with Gasteiger partial charge in [-0.1, -0.05) is 41.9 Å². The number of nitrogens with one attached hydrogen (secondary N) is 2. The lowest BCUT2D eigenvalue weighted by Crippen LogP contribution is -2.07. The van der Waals surface area contributed by atoms with Crippen molar-refractivity contribution in [3.63, 3.8) is 0 Å². The van der Waals surface area contributed by atoms with E-state index in [4.69, 9.17) is 11.6 Å². The van der Waals surface area contributed by atoms with Crippen LogP contribution >= 0.6 is 11.6 Å². The van der Waals surface area contributed by atoms with Gasteiger partial charge in [-0.05, 0) is 24.3 Å². The maximum atomic E-state index is 11.4. The predicted octanol–water partition coefficient (Wildman–Crippen LogP) is 4.36. The van der Waals surface area contributed by atoms with Crippen LogP contribution in [-0.2, 0) is 4.79 Å². The second-order valence-corrected chi connectivity index (χ2v) is 5.30. The van der Waals surface area contributed by atoms with Crippen molar-refractivity contribution in [1.29, 1.82) is 0 Å². The molecule has 5 heteroatoms. The Morgan fingerprint density at radius 1 is 1.05 bits per heavy atom. The lowest BCUT2D eigenvalue weighted by molar-refractivity contribution is -0.114. The maximum absolute atomic E-state index is 11.4. The third kappa shape index (κ3) is 3.02. The Morgan fingerprint density at radius 2 is 1.73 bits per heavy atom. The second-order valence-electron chi connectivity index (χ2n) is 4.86. The normalized spacial score (nSPS) is 10.5. The van der Waals surface area contributed by atoms with Gasteiger partial charge in [-0.15, -0.1) is 0 Å². The Hall–Kier alpha value is -2.59. The molecule has 0 radical (unpaired) electrons. The highest BCUT2D eigenvalue weighted by molar-refractivity contribution is 6.30. The molecule has 0 fully saturated rings. The van der Waals surface area contributed by atoms with Gasteiger partial charge in [-0.3, -0.25) is 4.79 Å². The van der Waals surface area contributed by atoms with Gasteiger partial charge in [-0.25, -0.2) is 4.98 Å². The fraction of sp³-hybridized carbons (Fsp3) is 0.0588. The van der Waals surface area contributed by atoms with E-state index in [2.05, 4.69) is 15.3 Å². The average Bonchev–Trinajstić information content (AvgIpc) is 2.92. The van der Waals surface area contributed by atoms with Crippen LogP contribution in [0.3, 0.4) is 0 Å². The fourth-order valence-corrected chi connectivity index (χ4v) is 2.31. The lowest BCUT2D eigenvalue weighted by atomic mass is 10.1. The molecule has 3 aromatic rings. The molecule has 4 nitrogen and oxygen atoms in total. The predicted molar refractivity (Wildman–Crippen MR) is 88.8 cm³/mol. The molecule has 0 spiro atoms. The van der Waals surface area contributed by atoms with Crippen LogP contribution in [0.2, 0.25) is 5.02 Å². The third-order valence-electron chi connectivity index (χ3n) is 3.18. The van der Waals surface area contributed by atoms with Gasteiger partial charge in [0.05, 0.1) is 5.69 Å². The van der Waals surface area contributed by atoms with Crippen molar-refractivity contribution < 1.29 is 4.79 Å². The first-order valence-electron chi connectivity index (χ1n) is 6.82. The van der Waals surface area contributed by atoms with E-state index >= 15 is 0 Å². The van der Waals surface area contributed by atoms with Crippen molar-refractivity contribution in [3.8, 4) is 22.6 Å². The third-order valence-corrected chi connectivity index (χ3v) is 3.43. The van der Waals surface area contributed by atoms with E-state index < -0.39 is 0 Å². The highest BCUT2D eigenvalue weighted by atomic mass is 35.5. The molecule has 0 atom stereocenters. The molecule has 22 heavy (non-hydrogen) atoms. The van der Waals surface area contributed by atoms with E-state index in [-0.39, 0.29) is 5.91 Å². The summed E-state index contributed by atoms with van der Waals surface area (Å²) in [5.41, 5.74) is 2.64. The van der Waals surface area contributed by atoms with E-state index in [1.165, 1.54) is 6.92 Å². The lowest BCUT2D eigenvalue weighted by Gasteiger charge is -2.02. The van der Waals surface area contributed by atoms with E-state index in [0.29, 0.717) is 16.7 Å². The molecular formula is C17H14ClN3O. The molecule has 0 saturated heterocycles. The molecule has 0 unspecified atom stereocenters. The number of rotatable bonds is 3. The van der Waals surface area contributed by atoms with E-state index in [1.807, 2.05) is 42.5 Å². The topological polar surface area (TPSA) is 57.8 Å². The van der Waals surface area contributed by atoms with Crippen molar-refractivity contribution in [2.45, 2.75) is 6.92 Å². The first-order valence-corrected chi connectivity index (χ1v) is 7.20. The Labute approximate surface area is 133 Å². The SMILES string of the molecule is CC(=O)Nc1nc(-c2ccc(Cl)cc2)[nH]c1-c1ccccc1. The van der Waals surface area contributed by atoms with Gasteiger partial charge in [0, 0.05) is 23.1 Å². The summed E-state index contributed by atoms with van der Waals surface area (Å²) in [6.45, 7) is 1.46. The molecule has 0 aliphatic rings. The molecule has 110 valence electrons. The molecular weight excluding hydrogens is 298 g/mol. The van der Waals surface area contributed by atoms with Gasteiger partial charge in [-0.2, -0.15) is 0 Å². The smallest absolute Gasteiger partial charge is 0.222 e. The van der Waals surface area contributed by atoms with Gasteiger partial charge in [0.25, 0.3) is 0 Å². The molecule has 0 aliphatic carbocycles. The van der Waals surface area contributed by atoms with Crippen LogP contribution < -0.4 is 5.32 Å². The number of carbonyl (C=O) groups excluding carboxylic acids is 1. The minimum Gasteiger partial charge on any atom is -0.336 e. The standard InChI is InChI=1S/C17H14ClN3O/c1-11(22)19-17-15(12-5-3-2-4-6-12)20-16(21-17)13-7-9-14(18)10-8-13/h2-10H,1H3,(H,19,22)(H,20,21). The van der Waals surface area contributed by atoms with Gasteiger partial charge in [0.1, 0.15) is 5.82 Å². The van der Waals surface area contributed by atoms with Crippen LogP contribution in [0.25, 0.3) is 22.6 Å². The minimum absolute atomic E-state index is 0.161. The summed E-state index contributed by atoms with van der Waals surface area (Å²) in [4.78, 5) is 19.2. The summed E-state index contributed by atoms with van der Waals surface area (Å²) in [5.74, 6) is 1.04. The van der Waals surface area contributed by atoms with Gasteiger partial charge >= 0.3 is 0 Å².